The average molecular weight is 233 g/mol. The lowest BCUT2D eigenvalue weighted by Gasteiger charge is -2.20. The molecule has 7 heteroatoms. The zero-order valence-corrected chi connectivity index (χ0v) is 9.01. The molecule has 0 bridgehead atoms. The topological polar surface area (TPSA) is 87.2 Å². The van der Waals surface area contributed by atoms with E-state index in [-0.39, 0.29) is 5.91 Å². The molecule has 0 radical (unpaired) electrons. The Morgan fingerprint density at radius 1 is 1.29 bits per heavy atom. The highest BCUT2D eigenvalue weighted by Crippen LogP contribution is 2.26. The van der Waals surface area contributed by atoms with Crippen molar-refractivity contribution in [3.63, 3.8) is 0 Å². The minimum absolute atomic E-state index is 0.263. The minimum Gasteiger partial charge on any atom is -0.338 e. The molecule has 2 N–H and O–H groups in total. The van der Waals surface area contributed by atoms with Gasteiger partial charge in [0.25, 0.3) is 5.91 Å². The van der Waals surface area contributed by atoms with Gasteiger partial charge in [0.2, 0.25) is 5.95 Å². The van der Waals surface area contributed by atoms with Crippen molar-refractivity contribution in [1.82, 2.24) is 20.6 Å². The number of imide groups is 1. The first-order valence-corrected chi connectivity index (χ1v) is 5.35. The first kappa shape index (κ1) is 10.0. The van der Waals surface area contributed by atoms with Gasteiger partial charge < -0.3 is 10.2 Å². The third-order valence-electron chi connectivity index (χ3n) is 3.12. The molecule has 0 saturated carbocycles. The van der Waals surface area contributed by atoms with Crippen LogP contribution in [0.5, 0.6) is 0 Å². The van der Waals surface area contributed by atoms with Crippen LogP contribution in [0, 0.1) is 0 Å². The Balaban J connectivity index is 1.83. The number of aromatic nitrogens is 2. The van der Waals surface area contributed by atoms with Gasteiger partial charge in [-0.15, -0.1) is 0 Å². The lowest BCUT2D eigenvalue weighted by molar-refractivity contribution is -0.123. The summed E-state index contributed by atoms with van der Waals surface area (Å²) in [5, 5.41) is 4.95. The van der Waals surface area contributed by atoms with Gasteiger partial charge in [0.1, 0.15) is 5.54 Å². The molecule has 2 aliphatic rings. The molecule has 3 amide bonds. The van der Waals surface area contributed by atoms with Crippen LogP contribution in [0.1, 0.15) is 6.42 Å². The summed E-state index contributed by atoms with van der Waals surface area (Å²) in [7, 11) is 0. The Morgan fingerprint density at radius 3 is 2.71 bits per heavy atom. The lowest BCUT2D eigenvalue weighted by atomic mass is 10.00. The fourth-order valence-electron chi connectivity index (χ4n) is 2.25. The third kappa shape index (κ3) is 1.50. The summed E-state index contributed by atoms with van der Waals surface area (Å²) < 4.78 is 0. The number of anilines is 1. The van der Waals surface area contributed by atoms with E-state index in [0.717, 1.165) is 0 Å². The zero-order chi connectivity index (χ0) is 11.9. The summed E-state index contributed by atoms with van der Waals surface area (Å²) in [5.74, 6) is 0.319. The largest absolute Gasteiger partial charge is 0.338 e. The van der Waals surface area contributed by atoms with Crippen molar-refractivity contribution in [3.05, 3.63) is 18.5 Å². The van der Waals surface area contributed by atoms with Crippen LogP contribution in [0.4, 0.5) is 10.7 Å². The van der Waals surface area contributed by atoms with E-state index in [2.05, 4.69) is 20.6 Å². The summed E-state index contributed by atoms with van der Waals surface area (Å²) in [5.41, 5.74) is -0.809. The quantitative estimate of drug-likeness (QED) is 0.624. The number of rotatable bonds is 1. The Morgan fingerprint density at radius 2 is 2.06 bits per heavy atom. The maximum absolute atomic E-state index is 11.7. The van der Waals surface area contributed by atoms with Crippen LogP contribution in [0.15, 0.2) is 18.5 Å². The SMILES string of the molecule is O=C1NC(=O)C2(CCN(c3ncccn3)C2)N1. The second kappa shape index (κ2) is 3.41. The van der Waals surface area contributed by atoms with Gasteiger partial charge in [-0.05, 0) is 12.5 Å². The van der Waals surface area contributed by atoms with Crippen LogP contribution in [0.3, 0.4) is 0 Å². The molecule has 88 valence electrons. The molecular formula is C10H11N5O2. The van der Waals surface area contributed by atoms with E-state index in [4.69, 9.17) is 0 Å². The average Bonchev–Trinajstić information content (AvgIpc) is 2.86. The van der Waals surface area contributed by atoms with Gasteiger partial charge in [-0.25, -0.2) is 14.8 Å². The number of carbonyl (C=O) groups is 2. The molecule has 0 aliphatic carbocycles. The maximum atomic E-state index is 11.7. The molecular weight excluding hydrogens is 222 g/mol. The van der Waals surface area contributed by atoms with Crippen molar-refractivity contribution in [3.8, 4) is 0 Å². The van der Waals surface area contributed by atoms with Crippen LogP contribution in [0.25, 0.3) is 0 Å². The van der Waals surface area contributed by atoms with Crippen molar-refractivity contribution in [2.75, 3.05) is 18.0 Å². The Labute approximate surface area is 97.2 Å². The molecule has 3 heterocycles. The minimum atomic E-state index is -0.809. The number of amides is 3. The van der Waals surface area contributed by atoms with Gasteiger partial charge in [-0.1, -0.05) is 0 Å². The molecule has 17 heavy (non-hydrogen) atoms. The van der Waals surface area contributed by atoms with E-state index in [1.807, 2.05) is 4.90 Å². The lowest BCUT2D eigenvalue weighted by Crippen LogP contribution is -2.49. The van der Waals surface area contributed by atoms with Gasteiger partial charge in [0, 0.05) is 18.9 Å². The molecule has 1 spiro atoms. The molecule has 1 aromatic rings. The van der Waals surface area contributed by atoms with Crippen molar-refractivity contribution in [2.45, 2.75) is 12.0 Å². The van der Waals surface area contributed by atoms with E-state index in [1.165, 1.54) is 0 Å². The number of nitrogens with one attached hydrogen (secondary N) is 2. The summed E-state index contributed by atoms with van der Waals surface area (Å²) in [4.78, 5) is 33.0. The first-order valence-electron chi connectivity index (χ1n) is 5.35. The van der Waals surface area contributed by atoms with Gasteiger partial charge >= 0.3 is 6.03 Å². The zero-order valence-electron chi connectivity index (χ0n) is 9.01. The Hall–Kier alpha value is -2.18. The second-order valence-corrected chi connectivity index (χ2v) is 4.21. The van der Waals surface area contributed by atoms with Gasteiger partial charge in [0.05, 0.1) is 6.54 Å². The van der Waals surface area contributed by atoms with E-state index in [0.29, 0.717) is 25.5 Å². The smallest absolute Gasteiger partial charge is 0.322 e. The number of nitrogens with zero attached hydrogens (tertiary/aromatic N) is 3. The summed E-state index contributed by atoms with van der Waals surface area (Å²) in [6.07, 6.45) is 3.88. The molecule has 0 aromatic carbocycles. The third-order valence-corrected chi connectivity index (χ3v) is 3.12. The molecule has 3 rings (SSSR count). The summed E-state index contributed by atoms with van der Waals surface area (Å²) in [6.45, 7) is 1.06. The highest BCUT2D eigenvalue weighted by atomic mass is 16.2. The molecule has 2 aliphatic heterocycles. The maximum Gasteiger partial charge on any atom is 0.322 e. The normalized spacial score (nSPS) is 27.4. The van der Waals surface area contributed by atoms with E-state index < -0.39 is 11.6 Å². The van der Waals surface area contributed by atoms with E-state index in [1.54, 1.807) is 18.5 Å². The molecule has 1 unspecified atom stereocenters. The Kier molecular flexibility index (Phi) is 2.01. The van der Waals surface area contributed by atoms with Crippen molar-refractivity contribution >= 4 is 17.9 Å². The van der Waals surface area contributed by atoms with Crippen LogP contribution >= 0.6 is 0 Å². The Bertz CT molecular complexity index is 477. The molecule has 1 aromatic heterocycles. The highest BCUT2D eigenvalue weighted by Gasteiger charge is 2.51. The van der Waals surface area contributed by atoms with E-state index in [9.17, 15) is 9.59 Å². The first-order chi connectivity index (χ1) is 8.20. The number of carbonyl (C=O) groups excluding carboxylic acids is 2. The van der Waals surface area contributed by atoms with Gasteiger partial charge in [-0.2, -0.15) is 0 Å². The van der Waals surface area contributed by atoms with Crippen molar-refractivity contribution in [2.24, 2.45) is 0 Å². The monoisotopic (exact) mass is 233 g/mol. The molecule has 2 saturated heterocycles. The number of hydrogen-bond donors (Lipinski definition) is 2. The van der Waals surface area contributed by atoms with Crippen molar-refractivity contribution in [1.29, 1.82) is 0 Å². The second-order valence-electron chi connectivity index (χ2n) is 4.21. The number of hydrogen-bond acceptors (Lipinski definition) is 5. The number of urea groups is 1. The van der Waals surface area contributed by atoms with Gasteiger partial charge in [-0.3, -0.25) is 10.1 Å². The molecule has 1 atom stereocenters. The summed E-state index contributed by atoms with van der Waals surface area (Å²) >= 11 is 0. The molecule has 2 fully saturated rings. The van der Waals surface area contributed by atoms with Crippen LogP contribution in [0.2, 0.25) is 0 Å². The highest BCUT2D eigenvalue weighted by molar-refractivity contribution is 6.07. The predicted octanol–water partition coefficient (Wildman–Crippen LogP) is -0.735. The standard InChI is InChI=1S/C10H11N5O2/c16-7-10(14-9(17)13-7)2-5-15(6-10)8-11-3-1-4-12-8/h1,3-4H,2,5-6H2,(H2,13,14,16,17). The van der Waals surface area contributed by atoms with Crippen LogP contribution < -0.4 is 15.5 Å². The summed E-state index contributed by atoms with van der Waals surface area (Å²) in [6, 6.07) is 1.31. The fourth-order valence-corrected chi connectivity index (χ4v) is 2.25. The predicted molar refractivity (Wildman–Crippen MR) is 58.3 cm³/mol. The van der Waals surface area contributed by atoms with Crippen LogP contribution in [-0.2, 0) is 4.79 Å². The van der Waals surface area contributed by atoms with E-state index >= 15 is 0 Å². The van der Waals surface area contributed by atoms with Crippen LogP contribution in [-0.4, -0.2) is 40.5 Å². The van der Waals surface area contributed by atoms with Crippen molar-refractivity contribution < 1.29 is 9.59 Å². The van der Waals surface area contributed by atoms with Gasteiger partial charge in [0.15, 0.2) is 0 Å². The molecule has 7 nitrogen and oxygen atoms in total. The fraction of sp³-hybridized carbons (Fsp3) is 0.400.